The van der Waals surface area contributed by atoms with Crippen LogP contribution in [0.1, 0.15) is 5.69 Å². The van der Waals surface area contributed by atoms with Crippen molar-refractivity contribution in [3.05, 3.63) is 72.6 Å². The summed E-state index contributed by atoms with van der Waals surface area (Å²) < 4.78 is 1.70. The number of fused-ring (bicyclic) bond motifs is 1. The van der Waals surface area contributed by atoms with Crippen molar-refractivity contribution in [3.63, 3.8) is 0 Å². The molecule has 0 amide bonds. The van der Waals surface area contributed by atoms with Crippen molar-refractivity contribution in [1.29, 1.82) is 0 Å². The minimum absolute atomic E-state index is 0.150. The Bertz CT molecular complexity index is 976. The van der Waals surface area contributed by atoms with Gasteiger partial charge < -0.3 is 5.11 Å². The first-order chi connectivity index (χ1) is 11.2. The van der Waals surface area contributed by atoms with Crippen molar-refractivity contribution >= 4 is 5.65 Å². The summed E-state index contributed by atoms with van der Waals surface area (Å²) in [6.45, 7) is 1.79. The summed E-state index contributed by atoms with van der Waals surface area (Å²) in [5, 5.41) is 10.3. The predicted octanol–water partition coefficient (Wildman–Crippen LogP) is 4.08. The molecule has 0 atom stereocenters. The van der Waals surface area contributed by atoms with Crippen molar-refractivity contribution in [2.45, 2.75) is 6.92 Å². The molecule has 4 aromatic rings. The molecular formula is C19H15N3O. The van der Waals surface area contributed by atoms with E-state index in [9.17, 15) is 5.11 Å². The quantitative estimate of drug-likeness (QED) is 0.607. The van der Waals surface area contributed by atoms with Gasteiger partial charge in [0, 0.05) is 17.3 Å². The average molecular weight is 301 g/mol. The van der Waals surface area contributed by atoms with Crippen LogP contribution >= 0.6 is 0 Å². The number of nitrogens with zero attached hydrogens (tertiary/aromatic N) is 3. The van der Waals surface area contributed by atoms with E-state index in [0.717, 1.165) is 22.5 Å². The SMILES string of the molecule is Cc1nc2c(-c3ccccc3)nc(-c3ccccc3)cn2c1O. The molecule has 4 rings (SSSR count). The van der Waals surface area contributed by atoms with Crippen LogP contribution < -0.4 is 0 Å². The number of imidazole rings is 1. The molecule has 0 saturated carbocycles. The van der Waals surface area contributed by atoms with E-state index >= 15 is 0 Å². The molecule has 0 spiro atoms. The van der Waals surface area contributed by atoms with Gasteiger partial charge in [-0.25, -0.2) is 9.97 Å². The topological polar surface area (TPSA) is 50.4 Å². The van der Waals surface area contributed by atoms with Crippen molar-refractivity contribution in [2.75, 3.05) is 0 Å². The molecule has 4 nitrogen and oxygen atoms in total. The van der Waals surface area contributed by atoms with E-state index in [-0.39, 0.29) is 5.88 Å². The highest BCUT2D eigenvalue weighted by molar-refractivity contribution is 5.77. The molecule has 0 bridgehead atoms. The van der Waals surface area contributed by atoms with Gasteiger partial charge in [-0.05, 0) is 6.92 Å². The van der Waals surface area contributed by atoms with Gasteiger partial charge in [-0.1, -0.05) is 60.7 Å². The largest absolute Gasteiger partial charge is 0.493 e. The third-order valence-electron chi connectivity index (χ3n) is 3.87. The first-order valence-electron chi connectivity index (χ1n) is 7.43. The Hall–Kier alpha value is -3.14. The molecule has 0 unspecified atom stereocenters. The van der Waals surface area contributed by atoms with Crippen molar-refractivity contribution in [1.82, 2.24) is 14.4 Å². The highest BCUT2D eigenvalue weighted by Crippen LogP contribution is 2.30. The van der Waals surface area contributed by atoms with Crippen molar-refractivity contribution < 1.29 is 5.11 Å². The lowest BCUT2D eigenvalue weighted by Gasteiger charge is -2.08. The molecule has 2 heterocycles. The number of aromatic nitrogens is 3. The van der Waals surface area contributed by atoms with Gasteiger partial charge in [-0.3, -0.25) is 4.40 Å². The Morgan fingerprint density at radius 1 is 0.826 bits per heavy atom. The third-order valence-corrected chi connectivity index (χ3v) is 3.87. The number of hydrogen-bond donors (Lipinski definition) is 1. The molecule has 0 radical (unpaired) electrons. The second-order valence-electron chi connectivity index (χ2n) is 5.42. The monoisotopic (exact) mass is 301 g/mol. The molecule has 23 heavy (non-hydrogen) atoms. The Morgan fingerprint density at radius 2 is 1.43 bits per heavy atom. The van der Waals surface area contributed by atoms with Crippen LogP contribution in [0.3, 0.4) is 0 Å². The molecule has 2 aromatic carbocycles. The van der Waals surface area contributed by atoms with Crippen molar-refractivity contribution in [2.24, 2.45) is 0 Å². The van der Waals surface area contributed by atoms with E-state index in [1.54, 1.807) is 11.3 Å². The van der Waals surface area contributed by atoms with E-state index in [0.29, 0.717) is 11.3 Å². The summed E-state index contributed by atoms with van der Waals surface area (Å²) >= 11 is 0. The number of rotatable bonds is 2. The number of hydrogen-bond acceptors (Lipinski definition) is 3. The normalized spacial score (nSPS) is 11.0. The van der Waals surface area contributed by atoms with Crippen LogP contribution in [0, 0.1) is 6.92 Å². The maximum Gasteiger partial charge on any atom is 0.219 e. The maximum absolute atomic E-state index is 10.3. The number of benzene rings is 2. The molecule has 4 heteroatoms. The molecule has 112 valence electrons. The molecule has 0 aliphatic heterocycles. The first-order valence-corrected chi connectivity index (χ1v) is 7.43. The summed E-state index contributed by atoms with van der Waals surface area (Å²) in [4.78, 5) is 9.28. The average Bonchev–Trinajstić information content (AvgIpc) is 2.90. The zero-order chi connectivity index (χ0) is 15.8. The third kappa shape index (κ3) is 2.25. The summed E-state index contributed by atoms with van der Waals surface area (Å²) in [6.07, 6.45) is 1.83. The van der Waals surface area contributed by atoms with Crippen LogP contribution in [0.2, 0.25) is 0 Å². The van der Waals surface area contributed by atoms with Gasteiger partial charge in [0.05, 0.1) is 5.69 Å². The van der Waals surface area contributed by atoms with E-state index in [2.05, 4.69) is 4.98 Å². The van der Waals surface area contributed by atoms with Gasteiger partial charge in [0.25, 0.3) is 0 Å². The van der Waals surface area contributed by atoms with Crippen LogP contribution in [0.5, 0.6) is 5.88 Å². The lowest BCUT2D eigenvalue weighted by molar-refractivity contribution is 0.444. The first kappa shape index (κ1) is 13.5. The zero-order valence-corrected chi connectivity index (χ0v) is 12.6. The molecular weight excluding hydrogens is 286 g/mol. The van der Waals surface area contributed by atoms with E-state index < -0.39 is 0 Å². The van der Waals surface area contributed by atoms with Gasteiger partial charge in [0.15, 0.2) is 5.65 Å². The minimum atomic E-state index is 0.150. The summed E-state index contributed by atoms with van der Waals surface area (Å²) in [5.41, 5.74) is 4.78. The number of aryl methyl sites for hydroxylation is 1. The van der Waals surface area contributed by atoms with Crippen LogP contribution in [-0.4, -0.2) is 19.5 Å². The summed E-state index contributed by atoms with van der Waals surface area (Å²) in [6, 6.07) is 19.8. The Balaban J connectivity index is 2.06. The van der Waals surface area contributed by atoms with Crippen LogP contribution in [0.15, 0.2) is 66.9 Å². The van der Waals surface area contributed by atoms with E-state index in [4.69, 9.17) is 4.98 Å². The molecule has 1 N–H and O–H groups in total. The van der Waals surface area contributed by atoms with Crippen LogP contribution in [-0.2, 0) is 0 Å². The van der Waals surface area contributed by atoms with Crippen LogP contribution in [0.4, 0.5) is 0 Å². The van der Waals surface area contributed by atoms with E-state index in [1.165, 1.54) is 0 Å². The lowest BCUT2D eigenvalue weighted by atomic mass is 10.1. The van der Waals surface area contributed by atoms with Gasteiger partial charge in [0.2, 0.25) is 5.88 Å². The van der Waals surface area contributed by atoms with Gasteiger partial charge in [-0.15, -0.1) is 0 Å². The maximum atomic E-state index is 10.3. The molecule has 0 fully saturated rings. The molecule has 0 saturated heterocycles. The van der Waals surface area contributed by atoms with Gasteiger partial charge >= 0.3 is 0 Å². The predicted molar refractivity (Wildman–Crippen MR) is 90.3 cm³/mol. The Kier molecular flexibility index (Phi) is 3.08. The Labute approximate surface area is 133 Å². The standard InChI is InChI=1S/C19H15N3O/c1-13-19(23)22-12-16(14-8-4-2-5-9-14)21-17(18(22)20-13)15-10-6-3-7-11-15/h2-12,23H,1H3. The molecule has 2 aromatic heterocycles. The van der Waals surface area contributed by atoms with Gasteiger partial charge in [0.1, 0.15) is 11.4 Å². The second-order valence-corrected chi connectivity index (χ2v) is 5.42. The smallest absolute Gasteiger partial charge is 0.219 e. The van der Waals surface area contributed by atoms with Crippen molar-refractivity contribution in [3.8, 4) is 28.4 Å². The van der Waals surface area contributed by atoms with Crippen LogP contribution in [0.25, 0.3) is 28.2 Å². The highest BCUT2D eigenvalue weighted by atomic mass is 16.3. The Morgan fingerprint density at radius 3 is 2.09 bits per heavy atom. The fourth-order valence-corrected chi connectivity index (χ4v) is 2.69. The fraction of sp³-hybridized carbons (Fsp3) is 0.0526. The summed E-state index contributed by atoms with van der Waals surface area (Å²) in [5.74, 6) is 0.150. The van der Waals surface area contributed by atoms with Gasteiger partial charge in [-0.2, -0.15) is 0 Å². The molecule has 0 aliphatic rings. The minimum Gasteiger partial charge on any atom is -0.493 e. The second kappa shape index (κ2) is 5.25. The lowest BCUT2D eigenvalue weighted by Crippen LogP contribution is -1.96. The number of aromatic hydroxyl groups is 1. The summed E-state index contributed by atoms with van der Waals surface area (Å²) in [7, 11) is 0. The fourth-order valence-electron chi connectivity index (χ4n) is 2.69. The zero-order valence-electron chi connectivity index (χ0n) is 12.6. The van der Waals surface area contributed by atoms with E-state index in [1.807, 2.05) is 66.9 Å². The molecule has 0 aliphatic carbocycles. The highest BCUT2D eigenvalue weighted by Gasteiger charge is 2.15.